The first-order chi connectivity index (χ1) is 8.40. The first kappa shape index (κ1) is 13.1. The summed E-state index contributed by atoms with van der Waals surface area (Å²) < 4.78 is 28.2. The number of nitrogens with zero attached hydrogens (tertiary/aromatic N) is 1. The second-order valence-corrected chi connectivity index (χ2v) is 6.33. The molecule has 0 amide bonds. The summed E-state index contributed by atoms with van der Waals surface area (Å²) in [5, 5.41) is 9.02. The summed E-state index contributed by atoms with van der Waals surface area (Å²) in [4.78, 5) is 11.2. The highest BCUT2D eigenvalue weighted by atomic mass is 32.2. The molecule has 0 spiro atoms. The minimum Gasteiger partial charge on any atom is -0.481 e. The van der Waals surface area contributed by atoms with E-state index in [1.807, 2.05) is 0 Å². The number of aromatic nitrogens is 1. The van der Waals surface area contributed by atoms with Gasteiger partial charge in [0.1, 0.15) is 0 Å². The Labute approximate surface area is 106 Å². The minimum absolute atomic E-state index is 0.168. The number of hydrogen-bond acceptors (Lipinski definition) is 3. The fourth-order valence-electron chi connectivity index (χ4n) is 2.30. The molecule has 6 nitrogen and oxygen atoms in total. The van der Waals surface area contributed by atoms with Crippen molar-refractivity contribution < 1.29 is 18.3 Å². The van der Waals surface area contributed by atoms with E-state index in [0.29, 0.717) is 12.8 Å². The number of hydrogen-bond donors (Lipinski definition) is 2. The van der Waals surface area contributed by atoms with Gasteiger partial charge in [-0.25, -0.2) is 13.1 Å². The molecule has 1 aromatic heterocycles. The predicted molar refractivity (Wildman–Crippen MR) is 64.5 cm³/mol. The Bertz CT molecular complexity index is 549. The summed E-state index contributed by atoms with van der Waals surface area (Å²) in [5.41, 5.74) is 0. The number of nitrogens with one attached hydrogen (secondary N) is 1. The van der Waals surface area contributed by atoms with Gasteiger partial charge >= 0.3 is 5.97 Å². The molecule has 2 atom stereocenters. The van der Waals surface area contributed by atoms with Crippen LogP contribution in [0, 0.1) is 5.92 Å². The summed E-state index contributed by atoms with van der Waals surface area (Å²) >= 11 is 0. The van der Waals surface area contributed by atoms with Gasteiger partial charge in [-0.15, -0.1) is 0 Å². The Morgan fingerprint density at radius 3 is 2.78 bits per heavy atom. The summed E-state index contributed by atoms with van der Waals surface area (Å²) in [5.74, 6) is -1.56. The number of carboxylic acids is 1. The summed E-state index contributed by atoms with van der Waals surface area (Å²) in [6.07, 6.45) is 4.96. The maximum atomic E-state index is 12.1. The van der Waals surface area contributed by atoms with Crippen molar-refractivity contribution in [1.82, 2.24) is 9.29 Å². The highest BCUT2D eigenvalue weighted by Gasteiger charge is 2.35. The van der Waals surface area contributed by atoms with Crippen LogP contribution in [0.1, 0.15) is 19.3 Å². The van der Waals surface area contributed by atoms with E-state index in [1.165, 1.54) is 12.3 Å². The van der Waals surface area contributed by atoms with Crippen molar-refractivity contribution in [1.29, 1.82) is 0 Å². The normalized spacial score (nSPS) is 24.3. The van der Waals surface area contributed by atoms with Gasteiger partial charge in [0.05, 0.1) is 10.8 Å². The molecule has 2 unspecified atom stereocenters. The molecule has 2 N–H and O–H groups in total. The van der Waals surface area contributed by atoms with E-state index in [0.717, 1.165) is 6.42 Å². The van der Waals surface area contributed by atoms with Crippen molar-refractivity contribution in [2.45, 2.75) is 30.2 Å². The van der Waals surface area contributed by atoms with Crippen molar-refractivity contribution >= 4 is 16.0 Å². The maximum Gasteiger partial charge on any atom is 0.308 e. The van der Waals surface area contributed by atoms with Gasteiger partial charge in [0.25, 0.3) is 0 Å². The minimum atomic E-state index is -3.62. The highest BCUT2D eigenvalue weighted by Crippen LogP contribution is 2.27. The van der Waals surface area contributed by atoms with Crippen LogP contribution in [0.2, 0.25) is 0 Å². The van der Waals surface area contributed by atoms with Crippen LogP contribution in [-0.4, -0.2) is 30.1 Å². The van der Waals surface area contributed by atoms with Gasteiger partial charge < -0.3 is 9.67 Å². The lowest BCUT2D eigenvalue weighted by molar-refractivity contribution is -0.141. The van der Waals surface area contributed by atoms with Gasteiger partial charge in [0.15, 0.2) is 0 Å². The van der Waals surface area contributed by atoms with Gasteiger partial charge in [-0.3, -0.25) is 4.79 Å². The van der Waals surface area contributed by atoms with Gasteiger partial charge in [-0.1, -0.05) is 6.42 Å². The molecule has 0 aliphatic heterocycles. The Morgan fingerprint density at radius 2 is 2.22 bits per heavy atom. The molecule has 0 radical (unpaired) electrons. The molecule has 0 aromatic carbocycles. The van der Waals surface area contributed by atoms with E-state index in [2.05, 4.69) is 4.72 Å². The molecule has 1 fully saturated rings. The van der Waals surface area contributed by atoms with Crippen molar-refractivity contribution in [2.24, 2.45) is 13.0 Å². The third-order valence-corrected chi connectivity index (χ3v) is 4.73. The van der Waals surface area contributed by atoms with Crippen molar-refractivity contribution in [2.75, 3.05) is 0 Å². The number of rotatable bonds is 4. The van der Waals surface area contributed by atoms with E-state index < -0.39 is 28.0 Å². The lowest BCUT2D eigenvalue weighted by atomic mass is 10.1. The lowest BCUT2D eigenvalue weighted by Gasteiger charge is -2.16. The number of aliphatic carboxylic acids is 1. The molecule has 1 aliphatic carbocycles. The molecule has 18 heavy (non-hydrogen) atoms. The van der Waals surface area contributed by atoms with E-state index in [1.54, 1.807) is 17.8 Å². The molecule has 100 valence electrons. The number of aryl methyl sites for hydroxylation is 1. The Morgan fingerprint density at radius 1 is 1.50 bits per heavy atom. The second-order valence-electron chi connectivity index (χ2n) is 4.62. The average molecular weight is 272 g/mol. The quantitative estimate of drug-likeness (QED) is 0.838. The zero-order valence-electron chi connectivity index (χ0n) is 10.0. The standard InChI is InChI=1S/C11H16N2O4S/c1-13-6-5-8(7-13)18(16,17)12-10-4-2-3-9(10)11(14)15/h5-7,9-10,12H,2-4H2,1H3,(H,14,15). The van der Waals surface area contributed by atoms with Gasteiger partial charge in [0.2, 0.25) is 10.0 Å². The average Bonchev–Trinajstić information content (AvgIpc) is 2.86. The zero-order valence-corrected chi connectivity index (χ0v) is 10.9. The second kappa shape index (κ2) is 4.74. The first-order valence-corrected chi connectivity index (χ1v) is 7.25. The monoisotopic (exact) mass is 272 g/mol. The molecule has 1 aromatic rings. The molecular formula is C11H16N2O4S. The zero-order chi connectivity index (χ0) is 13.3. The molecule has 1 aliphatic rings. The lowest BCUT2D eigenvalue weighted by Crippen LogP contribution is -2.39. The molecule has 1 heterocycles. The SMILES string of the molecule is Cn1ccc(S(=O)(=O)NC2CCCC2C(=O)O)c1. The van der Waals surface area contributed by atoms with Crippen molar-refractivity contribution in [3.63, 3.8) is 0 Å². The number of carboxylic acid groups (broad SMARTS) is 1. The fraction of sp³-hybridized carbons (Fsp3) is 0.545. The highest BCUT2D eigenvalue weighted by molar-refractivity contribution is 7.89. The van der Waals surface area contributed by atoms with Crippen molar-refractivity contribution in [3.05, 3.63) is 18.5 Å². The van der Waals surface area contributed by atoms with E-state index in [9.17, 15) is 13.2 Å². The fourth-order valence-corrected chi connectivity index (χ4v) is 3.66. The van der Waals surface area contributed by atoms with E-state index in [-0.39, 0.29) is 4.90 Å². The van der Waals surface area contributed by atoms with Crippen LogP contribution in [0.15, 0.2) is 23.4 Å². The molecule has 2 rings (SSSR count). The summed E-state index contributed by atoms with van der Waals surface area (Å²) in [6.45, 7) is 0. The first-order valence-electron chi connectivity index (χ1n) is 5.77. The van der Waals surface area contributed by atoms with Crippen LogP contribution in [0.3, 0.4) is 0 Å². The third-order valence-electron chi connectivity index (χ3n) is 3.25. The van der Waals surface area contributed by atoms with Crippen LogP contribution < -0.4 is 4.72 Å². The third kappa shape index (κ3) is 2.56. The molecule has 0 bridgehead atoms. The smallest absolute Gasteiger partial charge is 0.308 e. The van der Waals surface area contributed by atoms with Crippen LogP contribution in [0.5, 0.6) is 0 Å². The van der Waals surface area contributed by atoms with Gasteiger partial charge in [-0.05, 0) is 18.9 Å². The van der Waals surface area contributed by atoms with Gasteiger partial charge in [0, 0.05) is 25.5 Å². The number of carbonyl (C=O) groups is 1. The molecule has 0 saturated heterocycles. The van der Waals surface area contributed by atoms with Crippen LogP contribution in [-0.2, 0) is 21.9 Å². The summed E-state index contributed by atoms with van der Waals surface area (Å²) in [6, 6.07) is 0.986. The Balaban J connectivity index is 2.16. The van der Waals surface area contributed by atoms with E-state index >= 15 is 0 Å². The predicted octanol–water partition coefficient (Wildman–Crippen LogP) is 0.557. The number of sulfonamides is 1. The van der Waals surface area contributed by atoms with Crippen LogP contribution in [0.25, 0.3) is 0 Å². The maximum absolute atomic E-state index is 12.1. The van der Waals surface area contributed by atoms with Gasteiger partial charge in [-0.2, -0.15) is 0 Å². The van der Waals surface area contributed by atoms with Crippen LogP contribution in [0.4, 0.5) is 0 Å². The van der Waals surface area contributed by atoms with Crippen molar-refractivity contribution in [3.8, 4) is 0 Å². The largest absolute Gasteiger partial charge is 0.481 e. The molecular weight excluding hydrogens is 256 g/mol. The van der Waals surface area contributed by atoms with Crippen LogP contribution >= 0.6 is 0 Å². The summed E-state index contributed by atoms with van der Waals surface area (Å²) in [7, 11) is -1.89. The Kier molecular flexibility index (Phi) is 3.45. The molecule has 7 heteroatoms. The topological polar surface area (TPSA) is 88.4 Å². The van der Waals surface area contributed by atoms with E-state index in [4.69, 9.17) is 5.11 Å². The Hall–Kier alpha value is -1.34. The molecule has 1 saturated carbocycles.